The number of methoxy groups -OCH3 is 1. The molecule has 1 aliphatic rings. The Morgan fingerprint density at radius 1 is 1.27 bits per heavy atom. The summed E-state index contributed by atoms with van der Waals surface area (Å²) in [4.78, 5) is 21.6. The van der Waals surface area contributed by atoms with Crippen LogP contribution in [0, 0.1) is 0 Å². The first-order valence-corrected chi connectivity index (χ1v) is 9.26. The van der Waals surface area contributed by atoms with Crippen molar-refractivity contribution in [3.05, 3.63) is 48.5 Å². The number of likely N-dealkylation sites (tertiary alicyclic amines) is 1. The quantitative estimate of drug-likeness (QED) is 0.715. The molecule has 1 saturated heterocycles. The lowest BCUT2D eigenvalue weighted by Crippen LogP contribution is -2.47. The van der Waals surface area contributed by atoms with E-state index in [2.05, 4.69) is 21.8 Å². The molecule has 6 nitrogen and oxygen atoms in total. The van der Waals surface area contributed by atoms with E-state index in [0.29, 0.717) is 12.6 Å². The van der Waals surface area contributed by atoms with Gasteiger partial charge in [0.25, 0.3) is 5.91 Å². The molecule has 0 saturated carbocycles. The molecule has 1 aromatic carbocycles. The Balaban J connectivity index is 1.73. The highest BCUT2D eigenvalue weighted by Gasteiger charge is 2.27. The third kappa shape index (κ3) is 4.51. The van der Waals surface area contributed by atoms with Crippen molar-refractivity contribution in [2.45, 2.75) is 25.3 Å². The summed E-state index contributed by atoms with van der Waals surface area (Å²) in [6, 6.07) is 8.07. The Kier molecular flexibility index (Phi) is 6.41. The van der Waals surface area contributed by atoms with Crippen molar-refractivity contribution in [1.82, 2.24) is 19.4 Å². The standard InChI is InChI=1S/C20H28N4O2/c1-22-12-8-19(9-13-22)24(11-3-15-26-2)20(25)17-4-6-18(7-5-17)23-14-10-21-16-23/h4-7,10,14,16,19H,3,8-9,11-13,15H2,1-2H3. The van der Waals surface area contributed by atoms with Gasteiger partial charge < -0.3 is 19.1 Å². The van der Waals surface area contributed by atoms with Gasteiger partial charge in [-0.25, -0.2) is 4.98 Å². The van der Waals surface area contributed by atoms with Gasteiger partial charge in [0.1, 0.15) is 0 Å². The molecule has 0 bridgehead atoms. The number of piperidine rings is 1. The Bertz CT molecular complexity index is 676. The summed E-state index contributed by atoms with van der Waals surface area (Å²) >= 11 is 0. The highest BCUT2D eigenvalue weighted by molar-refractivity contribution is 5.94. The van der Waals surface area contributed by atoms with Crippen molar-refractivity contribution in [3.8, 4) is 5.69 Å². The zero-order valence-electron chi connectivity index (χ0n) is 15.7. The van der Waals surface area contributed by atoms with E-state index < -0.39 is 0 Å². The molecule has 140 valence electrons. The molecule has 0 aliphatic carbocycles. The van der Waals surface area contributed by atoms with Gasteiger partial charge in [-0.2, -0.15) is 0 Å². The zero-order valence-corrected chi connectivity index (χ0v) is 15.7. The van der Waals surface area contributed by atoms with Crippen LogP contribution < -0.4 is 0 Å². The SMILES string of the molecule is COCCCN(C(=O)c1ccc(-n2ccnc2)cc1)C1CCN(C)CC1. The van der Waals surface area contributed by atoms with E-state index in [1.807, 2.05) is 35.0 Å². The third-order valence-corrected chi connectivity index (χ3v) is 5.05. The van der Waals surface area contributed by atoms with E-state index in [9.17, 15) is 4.79 Å². The minimum absolute atomic E-state index is 0.118. The van der Waals surface area contributed by atoms with Gasteiger partial charge in [0.05, 0.1) is 6.33 Å². The Morgan fingerprint density at radius 2 is 2.00 bits per heavy atom. The Labute approximate surface area is 155 Å². The second kappa shape index (κ2) is 8.96. The number of aromatic nitrogens is 2. The predicted molar refractivity (Wildman–Crippen MR) is 102 cm³/mol. The minimum atomic E-state index is 0.118. The van der Waals surface area contributed by atoms with Gasteiger partial charge >= 0.3 is 0 Å². The van der Waals surface area contributed by atoms with Gasteiger partial charge in [0, 0.05) is 49.9 Å². The summed E-state index contributed by atoms with van der Waals surface area (Å²) in [5, 5.41) is 0. The number of carbonyl (C=O) groups excluding carboxylic acids is 1. The van der Waals surface area contributed by atoms with Crippen LogP contribution in [0.15, 0.2) is 43.0 Å². The van der Waals surface area contributed by atoms with Crippen LogP contribution in [0.4, 0.5) is 0 Å². The first kappa shape index (κ1) is 18.6. The lowest BCUT2D eigenvalue weighted by atomic mass is 10.0. The molecule has 0 atom stereocenters. The smallest absolute Gasteiger partial charge is 0.254 e. The van der Waals surface area contributed by atoms with E-state index in [1.165, 1.54) is 0 Å². The fourth-order valence-electron chi connectivity index (χ4n) is 3.49. The second-order valence-electron chi connectivity index (χ2n) is 6.90. The first-order chi connectivity index (χ1) is 12.7. The molecule has 1 fully saturated rings. The zero-order chi connectivity index (χ0) is 18.4. The average Bonchev–Trinajstić information content (AvgIpc) is 3.21. The first-order valence-electron chi connectivity index (χ1n) is 9.26. The number of nitrogens with zero attached hydrogens (tertiary/aromatic N) is 4. The molecule has 2 heterocycles. The van der Waals surface area contributed by atoms with Crippen LogP contribution in [0.25, 0.3) is 5.69 Å². The lowest BCUT2D eigenvalue weighted by molar-refractivity contribution is 0.0564. The van der Waals surface area contributed by atoms with Gasteiger partial charge in [-0.3, -0.25) is 4.79 Å². The van der Waals surface area contributed by atoms with Crippen LogP contribution in [-0.4, -0.2) is 71.7 Å². The maximum absolute atomic E-state index is 13.2. The maximum Gasteiger partial charge on any atom is 0.254 e. The van der Waals surface area contributed by atoms with Crippen molar-refractivity contribution in [2.24, 2.45) is 0 Å². The summed E-state index contributed by atoms with van der Waals surface area (Å²) in [5.74, 6) is 0.118. The van der Waals surface area contributed by atoms with Crippen LogP contribution in [-0.2, 0) is 4.74 Å². The van der Waals surface area contributed by atoms with Crippen LogP contribution in [0.5, 0.6) is 0 Å². The molecule has 1 amide bonds. The van der Waals surface area contributed by atoms with Gasteiger partial charge in [-0.15, -0.1) is 0 Å². The minimum Gasteiger partial charge on any atom is -0.385 e. The van der Waals surface area contributed by atoms with E-state index in [-0.39, 0.29) is 5.91 Å². The molecule has 0 N–H and O–H groups in total. The number of benzene rings is 1. The van der Waals surface area contributed by atoms with Crippen molar-refractivity contribution in [3.63, 3.8) is 0 Å². The summed E-state index contributed by atoms with van der Waals surface area (Å²) in [6.45, 7) is 3.50. The third-order valence-electron chi connectivity index (χ3n) is 5.05. The van der Waals surface area contributed by atoms with Gasteiger partial charge in [0.15, 0.2) is 0 Å². The lowest BCUT2D eigenvalue weighted by Gasteiger charge is -2.37. The van der Waals surface area contributed by atoms with E-state index in [4.69, 9.17) is 4.74 Å². The van der Waals surface area contributed by atoms with E-state index in [0.717, 1.165) is 50.1 Å². The molecule has 6 heteroatoms. The van der Waals surface area contributed by atoms with Crippen LogP contribution in [0.3, 0.4) is 0 Å². The largest absolute Gasteiger partial charge is 0.385 e. The summed E-state index contributed by atoms with van der Waals surface area (Å²) in [7, 11) is 3.85. The number of hydrogen-bond acceptors (Lipinski definition) is 4. The Morgan fingerprint density at radius 3 is 2.62 bits per heavy atom. The summed E-state index contributed by atoms with van der Waals surface area (Å²) in [5.41, 5.74) is 1.74. The molecule has 0 spiro atoms. The fraction of sp³-hybridized carbons (Fsp3) is 0.500. The monoisotopic (exact) mass is 356 g/mol. The second-order valence-corrected chi connectivity index (χ2v) is 6.90. The van der Waals surface area contributed by atoms with Gasteiger partial charge in [0.2, 0.25) is 0 Å². The normalized spacial score (nSPS) is 15.9. The predicted octanol–water partition coefficient (Wildman–Crippen LogP) is 2.45. The highest BCUT2D eigenvalue weighted by atomic mass is 16.5. The molecule has 26 heavy (non-hydrogen) atoms. The molecule has 0 radical (unpaired) electrons. The van der Waals surface area contributed by atoms with E-state index in [1.54, 1.807) is 19.6 Å². The van der Waals surface area contributed by atoms with Crippen molar-refractivity contribution in [2.75, 3.05) is 40.4 Å². The van der Waals surface area contributed by atoms with E-state index >= 15 is 0 Å². The number of ether oxygens (including phenoxy) is 1. The number of amides is 1. The molecule has 1 aliphatic heterocycles. The molecule has 0 unspecified atom stereocenters. The fourth-order valence-corrected chi connectivity index (χ4v) is 3.49. The number of rotatable bonds is 7. The van der Waals surface area contributed by atoms with Crippen LogP contribution in [0.2, 0.25) is 0 Å². The number of carbonyl (C=O) groups is 1. The van der Waals surface area contributed by atoms with Crippen LogP contribution in [0.1, 0.15) is 29.6 Å². The molecule has 3 rings (SSSR count). The number of imidazole rings is 1. The van der Waals surface area contributed by atoms with Crippen molar-refractivity contribution >= 4 is 5.91 Å². The maximum atomic E-state index is 13.2. The molecular weight excluding hydrogens is 328 g/mol. The summed E-state index contributed by atoms with van der Waals surface area (Å²) in [6.07, 6.45) is 8.32. The van der Waals surface area contributed by atoms with Gasteiger partial charge in [-0.05, 0) is 63.7 Å². The van der Waals surface area contributed by atoms with Crippen LogP contribution >= 0.6 is 0 Å². The van der Waals surface area contributed by atoms with Crippen molar-refractivity contribution < 1.29 is 9.53 Å². The molecule has 2 aromatic rings. The Hall–Kier alpha value is -2.18. The average molecular weight is 356 g/mol. The molecular formula is C20H28N4O2. The molecule has 1 aromatic heterocycles. The summed E-state index contributed by atoms with van der Waals surface area (Å²) < 4.78 is 7.12. The highest BCUT2D eigenvalue weighted by Crippen LogP contribution is 2.20. The van der Waals surface area contributed by atoms with Gasteiger partial charge in [-0.1, -0.05) is 0 Å². The topological polar surface area (TPSA) is 50.6 Å². The van der Waals surface area contributed by atoms with Crippen molar-refractivity contribution in [1.29, 1.82) is 0 Å². The number of hydrogen-bond donors (Lipinski definition) is 0.